The molecule has 0 aliphatic carbocycles. The van der Waals surface area contributed by atoms with Crippen molar-refractivity contribution >= 4 is 121 Å². The van der Waals surface area contributed by atoms with Crippen LogP contribution in [0.3, 0.4) is 0 Å². The predicted molar refractivity (Wildman–Crippen MR) is 263 cm³/mol. The molecule has 0 bridgehead atoms. The maximum Gasteiger partial charge on any atom is 0.259 e. The van der Waals surface area contributed by atoms with Gasteiger partial charge in [0, 0.05) is 59.6 Å². The minimum Gasteiger partial charge on any atom is -0.506 e. The van der Waals surface area contributed by atoms with Crippen LogP contribution in [-0.4, -0.2) is 84.1 Å². The smallest absolute Gasteiger partial charge is 0.259 e. The van der Waals surface area contributed by atoms with E-state index in [4.69, 9.17) is 4.74 Å². The van der Waals surface area contributed by atoms with E-state index >= 15 is 0 Å². The molecular weight excluding hydrogens is 1070 g/mol. The molecule has 328 valence electrons. The average Bonchev–Trinajstić information content (AvgIpc) is 3.29. The molecule has 0 atom stereocenters. The molecule has 0 heterocycles. The number of hydrazone groups is 2. The number of hydrogen-bond donors (Lipinski definition) is 6. The summed E-state index contributed by atoms with van der Waals surface area (Å²) in [6, 6.07) is 31.0. The van der Waals surface area contributed by atoms with E-state index in [0.29, 0.717) is 46.4 Å². The minimum atomic E-state index is -0.342. The topological polar surface area (TPSA) is 180 Å². The van der Waals surface area contributed by atoms with Gasteiger partial charge in [0.15, 0.2) is 0 Å². The van der Waals surface area contributed by atoms with E-state index < -0.39 is 0 Å². The number of rotatable bonds is 20. The zero-order valence-electron chi connectivity index (χ0n) is 33.8. The molecule has 0 fully saturated rings. The van der Waals surface area contributed by atoms with Crippen LogP contribution in [0.25, 0.3) is 21.5 Å². The molecule has 0 spiro atoms. The van der Waals surface area contributed by atoms with Crippen LogP contribution in [0.1, 0.15) is 36.8 Å². The Balaban J connectivity index is 1.01. The van der Waals surface area contributed by atoms with Crippen molar-refractivity contribution in [3.05, 3.63) is 126 Å². The molecule has 0 saturated carbocycles. The molecule has 0 aliphatic rings. The summed E-state index contributed by atoms with van der Waals surface area (Å²) in [6.07, 6.45) is 5.67. The summed E-state index contributed by atoms with van der Waals surface area (Å²) >= 11 is 12.8. The van der Waals surface area contributed by atoms with Gasteiger partial charge in [-0.05, 0) is 124 Å². The maximum atomic E-state index is 13.2. The second-order valence-corrected chi connectivity index (χ2v) is 17.7. The predicted octanol–water partition coefficient (Wildman–Crippen LogP) is 10.1. The molecule has 0 radical (unpaired) electrons. The van der Waals surface area contributed by atoms with Crippen LogP contribution in [-0.2, 0) is 14.3 Å². The SMILES string of the molecule is O=C(CN(CCCCOCCCCN(CC(=O)N/N=C\c1cc(Br)c(O)c(Br)c1O)c1cccc2ccccc12)c1cccc2ccccc12)N/N=C\c1cc(Br)c(O)c(Br)c1O. The molecule has 0 saturated heterocycles. The number of unbranched alkanes of at least 4 members (excludes halogenated alkanes) is 2. The number of halogens is 4. The fourth-order valence-electron chi connectivity index (χ4n) is 6.85. The van der Waals surface area contributed by atoms with Crippen LogP contribution < -0.4 is 20.7 Å². The number of carbonyl (C=O) groups is 2. The van der Waals surface area contributed by atoms with Gasteiger partial charge in [-0.1, -0.05) is 72.8 Å². The van der Waals surface area contributed by atoms with E-state index in [0.717, 1.165) is 58.6 Å². The van der Waals surface area contributed by atoms with Crippen molar-refractivity contribution in [2.45, 2.75) is 25.7 Å². The molecule has 2 amide bonds. The molecule has 6 aromatic carbocycles. The van der Waals surface area contributed by atoms with Crippen molar-refractivity contribution in [1.29, 1.82) is 0 Å². The molecule has 13 nitrogen and oxygen atoms in total. The highest BCUT2D eigenvalue weighted by Gasteiger charge is 2.18. The van der Waals surface area contributed by atoms with Crippen molar-refractivity contribution in [2.75, 3.05) is 49.2 Å². The van der Waals surface area contributed by atoms with Crippen LogP contribution in [0.4, 0.5) is 11.4 Å². The number of benzene rings is 6. The molecule has 0 aromatic heterocycles. The fraction of sp³-hybridized carbons (Fsp3) is 0.217. The normalized spacial score (nSPS) is 11.5. The number of phenols is 4. The van der Waals surface area contributed by atoms with Gasteiger partial charge in [-0.2, -0.15) is 10.2 Å². The van der Waals surface area contributed by atoms with Crippen LogP contribution in [0, 0.1) is 0 Å². The number of amides is 2. The molecule has 17 heteroatoms. The highest BCUT2D eigenvalue weighted by Crippen LogP contribution is 2.41. The number of hydrogen-bond acceptors (Lipinski definition) is 11. The monoisotopic (exact) mass is 1110 g/mol. The highest BCUT2D eigenvalue weighted by atomic mass is 79.9. The Kier molecular flexibility index (Phi) is 17.2. The molecular formula is C46H44Br4N6O7. The van der Waals surface area contributed by atoms with E-state index in [2.05, 4.69) is 84.8 Å². The number of phenolic OH excluding ortho intramolecular Hbond substituents is 4. The molecule has 63 heavy (non-hydrogen) atoms. The van der Waals surface area contributed by atoms with Gasteiger partial charge < -0.3 is 35.0 Å². The Bertz CT molecular complexity index is 2460. The number of nitrogens with zero attached hydrogens (tertiary/aromatic N) is 4. The lowest BCUT2D eigenvalue weighted by Gasteiger charge is -2.26. The van der Waals surface area contributed by atoms with Crippen molar-refractivity contribution in [3.8, 4) is 23.0 Å². The lowest BCUT2D eigenvalue weighted by molar-refractivity contribution is -0.120. The van der Waals surface area contributed by atoms with Gasteiger partial charge in [-0.3, -0.25) is 9.59 Å². The largest absolute Gasteiger partial charge is 0.506 e. The fourth-order valence-corrected chi connectivity index (χ4v) is 9.16. The third kappa shape index (κ3) is 12.5. The zero-order valence-corrected chi connectivity index (χ0v) is 40.1. The average molecular weight is 1110 g/mol. The van der Waals surface area contributed by atoms with Crippen molar-refractivity contribution in [2.24, 2.45) is 10.2 Å². The summed E-state index contributed by atoms with van der Waals surface area (Å²) in [5.74, 6) is -1.40. The maximum absolute atomic E-state index is 13.2. The Hall–Kier alpha value is -5.20. The lowest BCUT2D eigenvalue weighted by Crippen LogP contribution is -2.36. The van der Waals surface area contributed by atoms with Gasteiger partial charge in [-0.25, -0.2) is 10.9 Å². The third-order valence-electron chi connectivity index (χ3n) is 10.00. The Morgan fingerprint density at radius 2 is 0.952 bits per heavy atom. The van der Waals surface area contributed by atoms with E-state index in [9.17, 15) is 30.0 Å². The quantitative estimate of drug-likeness (QED) is 0.0247. The molecule has 0 aliphatic heterocycles. The number of aromatic hydroxyl groups is 4. The van der Waals surface area contributed by atoms with Crippen molar-refractivity contribution in [3.63, 3.8) is 0 Å². The third-order valence-corrected chi connectivity index (χ3v) is 12.7. The highest BCUT2D eigenvalue weighted by molar-refractivity contribution is 9.11. The van der Waals surface area contributed by atoms with Gasteiger partial charge in [-0.15, -0.1) is 0 Å². The summed E-state index contributed by atoms with van der Waals surface area (Å²) in [4.78, 5) is 30.5. The lowest BCUT2D eigenvalue weighted by atomic mass is 10.1. The van der Waals surface area contributed by atoms with E-state index in [1.165, 1.54) is 24.6 Å². The second kappa shape index (κ2) is 22.9. The Morgan fingerprint density at radius 1 is 0.556 bits per heavy atom. The second-order valence-electron chi connectivity index (χ2n) is 14.4. The first-order valence-electron chi connectivity index (χ1n) is 19.9. The van der Waals surface area contributed by atoms with Gasteiger partial charge in [0.2, 0.25) is 0 Å². The standard InChI is InChI=1S/C46H44Br4N6O7/c47-35-23-31(43(59)41(49)45(35)61)25-51-53-39(57)27-55(37-17-9-13-29-11-1-3-15-33(29)37)19-5-7-21-63-22-8-6-20-56(38-18-10-14-30-12-2-4-16-34(30)38)28-40(58)54-52-26-32-24-36(48)46(62)42(50)44(32)60/h1-4,9-18,23-26,59-62H,5-8,19-22,27-28H2,(H,53,57)(H,54,58)/b51-25-,52-26-. The summed E-state index contributed by atoms with van der Waals surface area (Å²) in [6.45, 7) is 2.33. The first-order valence-corrected chi connectivity index (χ1v) is 23.1. The number of nitrogens with one attached hydrogen (secondary N) is 2. The van der Waals surface area contributed by atoms with E-state index in [1.807, 2.05) is 94.7 Å². The number of carbonyl (C=O) groups excluding carboxylic acids is 2. The molecule has 6 aromatic rings. The summed E-state index contributed by atoms with van der Waals surface area (Å²) in [7, 11) is 0. The molecule has 0 unspecified atom stereocenters. The van der Waals surface area contributed by atoms with Gasteiger partial charge in [0.25, 0.3) is 11.8 Å². The van der Waals surface area contributed by atoms with E-state index in [1.54, 1.807) is 0 Å². The zero-order chi connectivity index (χ0) is 44.9. The van der Waals surface area contributed by atoms with Crippen LogP contribution in [0.2, 0.25) is 0 Å². The molecule has 6 rings (SSSR count). The van der Waals surface area contributed by atoms with Crippen LogP contribution in [0.15, 0.2) is 125 Å². The van der Waals surface area contributed by atoms with Crippen LogP contribution >= 0.6 is 63.7 Å². The van der Waals surface area contributed by atoms with Crippen LogP contribution in [0.5, 0.6) is 23.0 Å². The number of fused-ring (bicyclic) bond motifs is 2. The number of anilines is 2. The van der Waals surface area contributed by atoms with Gasteiger partial charge >= 0.3 is 0 Å². The molecule has 6 N–H and O–H groups in total. The first kappa shape index (κ1) is 47.3. The summed E-state index contributed by atoms with van der Waals surface area (Å²) < 4.78 is 6.98. The minimum absolute atomic E-state index is 0.0384. The van der Waals surface area contributed by atoms with Crippen molar-refractivity contribution < 1.29 is 34.8 Å². The summed E-state index contributed by atoms with van der Waals surface area (Å²) in [5, 5.41) is 53.1. The Labute approximate surface area is 398 Å². The number of ether oxygens (including phenoxy) is 1. The Morgan fingerprint density at radius 3 is 1.38 bits per heavy atom. The summed E-state index contributed by atoms with van der Waals surface area (Å²) in [5.41, 5.74) is 7.55. The van der Waals surface area contributed by atoms with Gasteiger partial charge in [0.1, 0.15) is 31.9 Å². The van der Waals surface area contributed by atoms with Crippen molar-refractivity contribution in [1.82, 2.24) is 10.9 Å². The first-order chi connectivity index (χ1) is 30.4. The van der Waals surface area contributed by atoms with E-state index in [-0.39, 0.29) is 56.8 Å². The van der Waals surface area contributed by atoms with Gasteiger partial charge in [0.05, 0.1) is 34.5 Å².